The predicted octanol–water partition coefficient (Wildman–Crippen LogP) is 0.988. The van der Waals surface area contributed by atoms with Crippen molar-refractivity contribution in [1.82, 2.24) is 20.0 Å². The number of nitrogens with one attached hydrogen (secondary N) is 1. The van der Waals surface area contributed by atoms with E-state index in [1.165, 1.54) is 5.56 Å². The van der Waals surface area contributed by atoms with Gasteiger partial charge in [0.2, 0.25) is 5.91 Å². The Balaban J connectivity index is 1.48. The molecule has 0 bridgehead atoms. The fourth-order valence-electron chi connectivity index (χ4n) is 3.96. The number of nitrogens with zero attached hydrogens (tertiary/aromatic N) is 4. The Morgan fingerprint density at radius 3 is 2.55 bits per heavy atom. The van der Waals surface area contributed by atoms with Crippen LogP contribution in [0.1, 0.15) is 18.1 Å². The number of methoxy groups -OCH3 is 1. The molecule has 1 N–H and O–H groups in total. The number of aliphatic imine (C=N–C) groups is 1. The lowest BCUT2D eigenvalue weighted by Crippen LogP contribution is -2.55. The van der Waals surface area contributed by atoms with Crippen LogP contribution < -0.4 is 10.1 Å². The molecular formula is C23H37N5O3. The zero-order valence-corrected chi connectivity index (χ0v) is 19.2. The van der Waals surface area contributed by atoms with Crippen LogP contribution >= 0.6 is 0 Å². The van der Waals surface area contributed by atoms with Crippen LogP contribution in [0.3, 0.4) is 0 Å². The van der Waals surface area contributed by atoms with E-state index in [0.29, 0.717) is 32.8 Å². The predicted molar refractivity (Wildman–Crippen MR) is 123 cm³/mol. The normalized spacial score (nSPS) is 18.2. The summed E-state index contributed by atoms with van der Waals surface area (Å²) in [5, 5.41) is 3.42. The quantitative estimate of drug-likeness (QED) is 0.513. The first-order valence-corrected chi connectivity index (χ1v) is 11.4. The van der Waals surface area contributed by atoms with Crippen molar-refractivity contribution in [3.05, 3.63) is 29.3 Å². The molecule has 1 aromatic rings. The van der Waals surface area contributed by atoms with Gasteiger partial charge in [-0.25, -0.2) is 0 Å². The Bertz CT molecular complexity index is 741. The lowest BCUT2D eigenvalue weighted by molar-refractivity contribution is -0.136. The molecule has 0 unspecified atom stereocenters. The average Bonchev–Trinajstić information content (AvgIpc) is 2.80. The summed E-state index contributed by atoms with van der Waals surface area (Å²) in [5.74, 6) is 2.10. The minimum atomic E-state index is 0.214. The number of ether oxygens (including phenoxy) is 2. The van der Waals surface area contributed by atoms with E-state index >= 15 is 0 Å². The molecule has 31 heavy (non-hydrogen) atoms. The molecule has 2 aliphatic heterocycles. The summed E-state index contributed by atoms with van der Waals surface area (Å²) in [4.78, 5) is 23.8. The molecule has 0 aliphatic carbocycles. The molecule has 1 aromatic carbocycles. The van der Waals surface area contributed by atoms with E-state index in [2.05, 4.69) is 47.2 Å². The van der Waals surface area contributed by atoms with Gasteiger partial charge in [-0.15, -0.1) is 0 Å². The number of rotatable bonds is 7. The van der Waals surface area contributed by atoms with E-state index in [-0.39, 0.29) is 5.91 Å². The van der Waals surface area contributed by atoms with Crippen molar-refractivity contribution in [2.75, 3.05) is 79.2 Å². The molecule has 172 valence electrons. The summed E-state index contributed by atoms with van der Waals surface area (Å²) >= 11 is 0. The van der Waals surface area contributed by atoms with E-state index in [0.717, 1.165) is 63.0 Å². The SMILES string of the molecule is CCNC(=NCCc1ccc(C)c(OC)c1)N1CCN(CC(=O)N2CCOCC2)CC1. The smallest absolute Gasteiger partial charge is 0.236 e. The van der Waals surface area contributed by atoms with Gasteiger partial charge in [-0.2, -0.15) is 0 Å². The minimum absolute atomic E-state index is 0.214. The first-order valence-electron chi connectivity index (χ1n) is 11.4. The van der Waals surface area contributed by atoms with Gasteiger partial charge in [0.1, 0.15) is 5.75 Å². The minimum Gasteiger partial charge on any atom is -0.496 e. The first kappa shape index (κ1) is 23.3. The third kappa shape index (κ3) is 6.83. The number of morpholine rings is 1. The molecule has 0 spiro atoms. The summed E-state index contributed by atoms with van der Waals surface area (Å²) in [6.07, 6.45) is 0.875. The zero-order valence-electron chi connectivity index (χ0n) is 19.2. The molecule has 0 radical (unpaired) electrons. The lowest BCUT2D eigenvalue weighted by Gasteiger charge is -2.37. The maximum Gasteiger partial charge on any atom is 0.236 e. The summed E-state index contributed by atoms with van der Waals surface area (Å²) in [5.41, 5.74) is 2.38. The summed E-state index contributed by atoms with van der Waals surface area (Å²) in [6.45, 7) is 12.4. The number of amides is 1. The van der Waals surface area contributed by atoms with Crippen molar-refractivity contribution in [2.24, 2.45) is 4.99 Å². The van der Waals surface area contributed by atoms with Gasteiger partial charge in [-0.1, -0.05) is 12.1 Å². The Labute approximate surface area is 186 Å². The first-order chi connectivity index (χ1) is 15.1. The second-order valence-electron chi connectivity index (χ2n) is 8.05. The van der Waals surface area contributed by atoms with Crippen LogP contribution in [0, 0.1) is 6.92 Å². The topological polar surface area (TPSA) is 69.6 Å². The Morgan fingerprint density at radius 1 is 1.13 bits per heavy atom. The molecule has 2 fully saturated rings. The van der Waals surface area contributed by atoms with Gasteiger partial charge in [0.25, 0.3) is 0 Å². The fraction of sp³-hybridized carbons (Fsp3) is 0.652. The van der Waals surface area contributed by atoms with Gasteiger partial charge in [0, 0.05) is 52.4 Å². The molecule has 0 atom stereocenters. The van der Waals surface area contributed by atoms with Crippen LogP contribution in [-0.4, -0.2) is 106 Å². The van der Waals surface area contributed by atoms with Crippen molar-refractivity contribution >= 4 is 11.9 Å². The maximum absolute atomic E-state index is 12.5. The van der Waals surface area contributed by atoms with Gasteiger partial charge in [-0.05, 0) is 37.5 Å². The van der Waals surface area contributed by atoms with Crippen molar-refractivity contribution in [3.63, 3.8) is 0 Å². The molecule has 8 nitrogen and oxygen atoms in total. The van der Waals surface area contributed by atoms with Crippen molar-refractivity contribution in [2.45, 2.75) is 20.3 Å². The summed E-state index contributed by atoms with van der Waals surface area (Å²) < 4.78 is 10.8. The highest BCUT2D eigenvalue weighted by molar-refractivity contribution is 5.80. The number of benzene rings is 1. The van der Waals surface area contributed by atoms with Crippen LogP contribution in [0.4, 0.5) is 0 Å². The number of piperazine rings is 1. The van der Waals surface area contributed by atoms with Crippen molar-refractivity contribution in [1.29, 1.82) is 0 Å². The van der Waals surface area contributed by atoms with Gasteiger partial charge in [0.05, 0.1) is 26.9 Å². The Hall–Kier alpha value is -2.32. The molecule has 3 rings (SSSR count). The van der Waals surface area contributed by atoms with E-state index in [9.17, 15) is 4.79 Å². The molecule has 0 saturated carbocycles. The Kier molecular flexibility index (Phi) is 8.97. The van der Waals surface area contributed by atoms with E-state index < -0.39 is 0 Å². The highest BCUT2D eigenvalue weighted by Crippen LogP contribution is 2.19. The van der Waals surface area contributed by atoms with Crippen LogP contribution in [0.15, 0.2) is 23.2 Å². The monoisotopic (exact) mass is 431 g/mol. The maximum atomic E-state index is 12.5. The number of aryl methyl sites for hydroxylation is 1. The third-order valence-electron chi connectivity index (χ3n) is 5.86. The largest absolute Gasteiger partial charge is 0.496 e. The molecule has 8 heteroatoms. The molecule has 2 aliphatic rings. The number of hydrogen-bond donors (Lipinski definition) is 1. The molecule has 1 amide bonds. The lowest BCUT2D eigenvalue weighted by atomic mass is 10.1. The number of hydrogen-bond acceptors (Lipinski definition) is 5. The fourth-order valence-corrected chi connectivity index (χ4v) is 3.96. The highest BCUT2D eigenvalue weighted by Gasteiger charge is 2.24. The number of carbonyl (C=O) groups excluding carboxylic acids is 1. The number of carbonyl (C=O) groups is 1. The standard InChI is InChI=1S/C23H37N5O3/c1-4-24-23(25-8-7-20-6-5-19(2)21(17-20)30-3)28-11-9-26(10-12-28)18-22(29)27-13-15-31-16-14-27/h5-6,17H,4,7-16,18H2,1-3H3,(H,24,25). The highest BCUT2D eigenvalue weighted by atomic mass is 16.5. The zero-order chi connectivity index (χ0) is 22.1. The van der Waals surface area contributed by atoms with Crippen LogP contribution in [0.2, 0.25) is 0 Å². The van der Waals surface area contributed by atoms with E-state index in [1.54, 1.807) is 7.11 Å². The van der Waals surface area contributed by atoms with Crippen molar-refractivity contribution in [3.8, 4) is 5.75 Å². The van der Waals surface area contributed by atoms with E-state index in [4.69, 9.17) is 14.5 Å². The van der Waals surface area contributed by atoms with Gasteiger partial charge in [0.15, 0.2) is 5.96 Å². The second kappa shape index (κ2) is 11.9. The van der Waals surface area contributed by atoms with Crippen LogP contribution in [0.25, 0.3) is 0 Å². The van der Waals surface area contributed by atoms with E-state index in [1.807, 2.05) is 4.90 Å². The average molecular weight is 432 g/mol. The van der Waals surface area contributed by atoms with Crippen LogP contribution in [-0.2, 0) is 16.0 Å². The molecular weight excluding hydrogens is 394 g/mol. The summed E-state index contributed by atoms with van der Waals surface area (Å²) in [6, 6.07) is 6.34. The third-order valence-corrected chi connectivity index (χ3v) is 5.86. The van der Waals surface area contributed by atoms with Gasteiger partial charge >= 0.3 is 0 Å². The van der Waals surface area contributed by atoms with Gasteiger partial charge < -0.3 is 24.6 Å². The molecule has 0 aromatic heterocycles. The van der Waals surface area contributed by atoms with Crippen molar-refractivity contribution < 1.29 is 14.3 Å². The second-order valence-corrected chi connectivity index (χ2v) is 8.05. The van der Waals surface area contributed by atoms with Crippen LogP contribution in [0.5, 0.6) is 5.75 Å². The summed E-state index contributed by atoms with van der Waals surface area (Å²) in [7, 11) is 1.71. The molecule has 2 heterocycles. The van der Waals surface area contributed by atoms with Gasteiger partial charge in [-0.3, -0.25) is 14.7 Å². The number of guanidine groups is 1. The Morgan fingerprint density at radius 2 is 1.87 bits per heavy atom. The molecule has 2 saturated heterocycles.